The molecule has 4 heteroatoms. The van der Waals surface area contributed by atoms with Crippen LogP contribution in [0.25, 0.3) is 0 Å². The van der Waals surface area contributed by atoms with Gasteiger partial charge in [0.15, 0.2) is 0 Å². The Labute approximate surface area is 108 Å². The van der Waals surface area contributed by atoms with Crippen LogP contribution in [0.1, 0.15) is 19.4 Å². The molecule has 1 aromatic carbocycles. The van der Waals surface area contributed by atoms with E-state index in [0.717, 1.165) is 0 Å². The van der Waals surface area contributed by atoms with Crippen LogP contribution in [0.4, 0.5) is 4.39 Å². The standard InChI is InChI=1S/C14H21FN2O/c1-11(2)9-17-14(18)10-16-8-7-12-5-3-4-6-13(12)15/h3-6,11,16H,7-10H2,1-2H3,(H,17,18). The molecule has 0 bridgehead atoms. The largest absolute Gasteiger partial charge is 0.355 e. The summed E-state index contributed by atoms with van der Waals surface area (Å²) in [5, 5.41) is 5.82. The number of halogens is 1. The van der Waals surface area contributed by atoms with Crippen molar-refractivity contribution >= 4 is 5.91 Å². The van der Waals surface area contributed by atoms with Gasteiger partial charge in [0.2, 0.25) is 5.91 Å². The second-order valence-corrected chi connectivity index (χ2v) is 4.72. The van der Waals surface area contributed by atoms with Gasteiger partial charge in [0, 0.05) is 6.54 Å². The van der Waals surface area contributed by atoms with Gasteiger partial charge >= 0.3 is 0 Å². The van der Waals surface area contributed by atoms with Gasteiger partial charge in [0.05, 0.1) is 6.54 Å². The van der Waals surface area contributed by atoms with Crippen molar-refractivity contribution in [2.75, 3.05) is 19.6 Å². The van der Waals surface area contributed by atoms with Crippen molar-refractivity contribution in [1.82, 2.24) is 10.6 Å². The summed E-state index contributed by atoms with van der Waals surface area (Å²) in [6.45, 7) is 5.66. The Bertz CT molecular complexity index is 380. The van der Waals surface area contributed by atoms with E-state index in [0.29, 0.717) is 31.0 Å². The average Bonchev–Trinajstić information content (AvgIpc) is 2.34. The van der Waals surface area contributed by atoms with E-state index in [2.05, 4.69) is 10.6 Å². The molecule has 0 aliphatic rings. The quantitative estimate of drug-likeness (QED) is 0.726. The lowest BCUT2D eigenvalue weighted by atomic mass is 10.1. The van der Waals surface area contributed by atoms with Gasteiger partial charge in [-0.15, -0.1) is 0 Å². The number of amides is 1. The van der Waals surface area contributed by atoms with E-state index < -0.39 is 0 Å². The van der Waals surface area contributed by atoms with Crippen LogP contribution in [-0.2, 0) is 11.2 Å². The third-order valence-electron chi connectivity index (χ3n) is 2.52. The molecule has 1 amide bonds. The molecule has 100 valence electrons. The van der Waals surface area contributed by atoms with Crippen molar-refractivity contribution in [1.29, 1.82) is 0 Å². The first-order chi connectivity index (χ1) is 8.59. The van der Waals surface area contributed by atoms with Crippen molar-refractivity contribution in [3.8, 4) is 0 Å². The SMILES string of the molecule is CC(C)CNC(=O)CNCCc1ccccc1F. The molecule has 0 aromatic heterocycles. The van der Waals surface area contributed by atoms with Crippen molar-refractivity contribution in [2.24, 2.45) is 5.92 Å². The van der Waals surface area contributed by atoms with E-state index in [4.69, 9.17) is 0 Å². The van der Waals surface area contributed by atoms with Gasteiger partial charge < -0.3 is 10.6 Å². The van der Waals surface area contributed by atoms with E-state index in [1.165, 1.54) is 6.07 Å². The molecule has 0 radical (unpaired) electrons. The van der Waals surface area contributed by atoms with Gasteiger partial charge in [0.1, 0.15) is 5.82 Å². The molecule has 0 saturated heterocycles. The van der Waals surface area contributed by atoms with Crippen LogP contribution in [0.15, 0.2) is 24.3 Å². The van der Waals surface area contributed by atoms with Gasteiger partial charge in [-0.05, 0) is 30.5 Å². The predicted molar refractivity (Wildman–Crippen MR) is 70.8 cm³/mol. The van der Waals surface area contributed by atoms with Crippen molar-refractivity contribution in [3.63, 3.8) is 0 Å². The van der Waals surface area contributed by atoms with Crippen LogP contribution < -0.4 is 10.6 Å². The molecule has 18 heavy (non-hydrogen) atoms. The van der Waals surface area contributed by atoms with Gasteiger partial charge in [-0.3, -0.25) is 4.79 Å². The zero-order chi connectivity index (χ0) is 13.4. The molecular formula is C14H21FN2O. The van der Waals surface area contributed by atoms with Crippen LogP contribution in [0, 0.1) is 11.7 Å². The van der Waals surface area contributed by atoms with E-state index in [1.54, 1.807) is 12.1 Å². The van der Waals surface area contributed by atoms with E-state index in [9.17, 15) is 9.18 Å². The highest BCUT2D eigenvalue weighted by molar-refractivity contribution is 5.77. The molecule has 1 rings (SSSR count). The molecule has 0 spiro atoms. The van der Waals surface area contributed by atoms with Gasteiger partial charge in [0.25, 0.3) is 0 Å². The molecule has 2 N–H and O–H groups in total. The Morgan fingerprint density at radius 1 is 1.33 bits per heavy atom. The average molecular weight is 252 g/mol. The smallest absolute Gasteiger partial charge is 0.233 e. The molecule has 0 unspecified atom stereocenters. The Morgan fingerprint density at radius 3 is 2.72 bits per heavy atom. The first kappa shape index (κ1) is 14.6. The summed E-state index contributed by atoms with van der Waals surface area (Å²) in [4.78, 5) is 11.4. The molecule has 0 saturated carbocycles. The Morgan fingerprint density at radius 2 is 2.06 bits per heavy atom. The number of nitrogens with one attached hydrogen (secondary N) is 2. The van der Waals surface area contributed by atoms with Crippen molar-refractivity contribution < 1.29 is 9.18 Å². The fourth-order valence-electron chi connectivity index (χ4n) is 1.51. The fourth-order valence-corrected chi connectivity index (χ4v) is 1.51. The first-order valence-corrected chi connectivity index (χ1v) is 6.30. The summed E-state index contributed by atoms with van der Waals surface area (Å²) in [7, 11) is 0. The summed E-state index contributed by atoms with van der Waals surface area (Å²) in [5.41, 5.74) is 0.674. The maximum absolute atomic E-state index is 13.3. The van der Waals surface area contributed by atoms with Crippen LogP contribution in [0.3, 0.4) is 0 Å². The molecular weight excluding hydrogens is 231 g/mol. The molecule has 1 aromatic rings. The second-order valence-electron chi connectivity index (χ2n) is 4.72. The molecule has 0 heterocycles. The van der Waals surface area contributed by atoms with Crippen LogP contribution in [0.5, 0.6) is 0 Å². The predicted octanol–water partition coefficient (Wildman–Crippen LogP) is 1.73. The van der Waals surface area contributed by atoms with Gasteiger partial charge in [-0.1, -0.05) is 32.0 Å². The molecule has 0 atom stereocenters. The number of hydrogen-bond donors (Lipinski definition) is 2. The summed E-state index contributed by atoms with van der Waals surface area (Å²) < 4.78 is 13.3. The topological polar surface area (TPSA) is 41.1 Å². The van der Waals surface area contributed by atoms with Crippen molar-refractivity contribution in [2.45, 2.75) is 20.3 Å². The fraction of sp³-hybridized carbons (Fsp3) is 0.500. The molecule has 0 fully saturated rings. The van der Waals surface area contributed by atoms with Crippen LogP contribution >= 0.6 is 0 Å². The highest BCUT2D eigenvalue weighted by Gasteiger charge is 2.03. The summed E-state index contributed by atoms with van der Waals surface area (Å²) >= 11 is 0. The minimum absolute atomic E-state index is 0.0165. The van der Waals surface area contributed by atoms with E-state index >= 15 is 0 Å². The Hall–Kier alpha value is -1.42. The summed E-state index contributed by atoms with van der Waals surface area (Å²) in [6.07, 6.45) is 0.587. The number of hydrogen-bond acceptors (Lipinski definition) is 2. The Balaban J connectivity index is 2.15. The molecule has 3 nitrogen and oxygen atoms in total. The van der Waals surface area contributed by atoms with E-state index in [1.807, 2.05) is 19.9 Å². The first-order valence-electron chi connectivity index (χ1n) is 6.30. The zero-order valence-corrected chi connectivity index (χ0v) is 11.0. The third-order valence-corrected chi connectivity index (χ3v) is 2.52. The monoisotopic (exact) mass is 252 g/mol. The minimum atomic E-state index is -0.191. The van der Waals surface area contributed by atoms with E-state index in [-0.39, 0.29) is 18.3 Å². The number of carbonyl (C=O) groups is 1. The summed E-state index contributed by atoms with van der Waals surface area (Å²) in [5.74, 6) is 0.244. The summed E-state index contributed by atoms with van der Waals surface area (Å²) in [6, 6.07) is 6.69. The lowest BCUT2D eigenvalue weighted by Gasteiger charge is -2.08. The lowest BCUT2D eigenvalue weighted by molar-refractivity contribution is -0.120. The van der Waals surface area contributed by atoms with Crippen LogP contribution in [0.2, 0.25) is 0 Å². The minimum Gasteiger partial charge on any atom is -0.355 e. The second kappa shape index (κ2) is 7.82. The van der Waals surface area contributed by atoms with Gasteiger partial charge in [-0.2, -0.15) is 0 Å². The molecule has 0 aliphatic carbocycles. The maximum atomic E-state index is 13.3. The Kier molecular flexibility index (Phi) is 6.36. The zero-order valence-electron chi connectivity index (χ0n) is 11.0. The van der Waals surface area contributed by atoms with Crippen LogP contribution in [-0.4, -0.2) is 25.5 Å². The third kappa shape index (κ3) is 5.77. The molecule has 0 aliphatic heterocycles. The normalized spacial score (nSPS) is 10.7. The lowest BCUT2D eigenvalue weighted by Crippen LogP contribution is -2.36. The number of carbonyl (C=O) groups excluding carboxylic acids is 1. The number of benzene rings is 1. The maximum Gasteiger partial charge on any atom is 0.233 e. The number of rotatable bonds is 7. The highest BCUT2D eigenvalue weighted by atomic mass is 19.1. The van der Waals surface area contributed by atoms with Crippen molar-refractivity contribution in [3.05, 3.63) is 35.6 Å². The van der Waals surface area contributed by atoms with Gasteiger partial charge in [-0.25, -0.2) is 4.39 Å². The highest BCUT2D eigenvalue weighted by Crippen LogP contribution is 2.05.